The Labute approximate surface area is 180 Å². The topological polar surface area (TPSA) is 84.9 Å². The standard InChI is InChI=1S/C20H24ClFN2O5S/c1-4-28-18-9-6-14(10-19(18)29-5-2)12-23-20(25)13-24(30(3,26)27)15-7-8-17(22)16(21)11-15/h6-11H,4-5,12-13H2,1-3H3,(H,23,25). The molecule has 0 aliphatic heterocycles. The molecule has 2 aromatic rings. The second-order valence-corrected chi connectivity index (χ2v) is 8.61. The molecule has 2 rings (SSSR count). The maximum atomic E-state index is 13.4. The molecule has 1 N–H and O–H groups in total. The highest BCUT2D eigenvalue weighted by Crippen LogP contribution is 2.28. The maximum absolute atomic E-state index is 13.4. The fraction of sp³-hybridized carbons (Fsp3) is 0.350. The zero-order valence-corrected chi connectivity index (χ0v) is 18.5. The Balaban J connectivity index is 2.11. The lowest BCUT2D eigenvalue weighted by atomic mass is 10.2. The average Bonchev–Trinajstić information content (AvgIpc) is 2.68. The van der Waals surface area contributed by atoms with Crippen LogP contribution in [-0.4, -0.2) is 40.3 Å². The molecular formula is C20H24ClFN2O5S. The normalized spacial score (nSPS) is 11.1. The minimum Gasteiger partial charge on any atom is -0.490 e. The third kappa shape index (κ3) is 6.50. The Bertz CT molecular complexity index is 1000. The van der Waals surface area contributed by atoms with Gasteiger partial charge in [-0.3, -0.25) is 9.10 Å². The van der Waals surface area contributed by atoms with Gasteiger partial charge in [-0.05, 0) is 49.7 Å². The molecule has 1 amide bonds. The van der Waals surface area contributed by atoms with E-state index in [1.54, 1.807) is 18.2 Å². The van der Waals surface area contributed by atoms with E-state index in [0.717, 1.165) is 28.3 Å². The largest absolute Gasteiger partial charge is 0.490 e. The van der Waals surface area contributed by atoms with Gasteiger partial charge in [0.15, 0.2) is 11.5 Å². The number of hydrogen-bond donors (Lipinski definition) is 1. The number of carbonyl (C=O) groups excluding carboxylic acids is 1. The van der Waals surface area contributed by atoms with Crippen LogP contribution in [0.4, 0.5) is 10.1 Å². The molecule has 2 aromatic carbocycles. The van der Waals surface area contributed by atoms with Gasteiger partial charge >= 0.3 is 0 Å². The number of amides is 1. The fourth-order valence-electron chi connectivity index (χ4n) is 2.63. The van der Waals surface area contributed by atoms with Crippen LogP contribution in [0.15, 0.2) is 36.4 Å². The Morgan fingerprint density at radius 1 is 1.10 bits per heavy atom. The predicted octanol–water partition coefficient (Wildman–Crippen LogP) is 3.36. The summed E-state index contributed by atoms with van der Waals surface area (Å²) >= 11 is 5.74. The van der Waals surface area contributed by atoms with Gasteiger partial charge in [-0.15, -0.1) is 0 Å². The van der Waals surface area contributed by atoms with Crippen LogP contribution < -0.4 is 19.1 Å². The van der Waals surface area contributed by atoms with Crippen molar-refractivity contribution in [1.82, 2.24) is 5.32 Å². The SMILES string of the molecule is CCOc1ccc(CNC(=O)CN(c2ccc(F)c(Cl)c2)S(C)(=O)=O)cc1OCC. The van der Waals surface area contributed by atoms with Gasteiger partial charge in [0, 0.05) is 6.54 Å². The van der Waals surface area contributed by atoms with Crippen LogP contribution in [0.3, 0.4) is 0 Å². The number of anilines is 1. The zero-order valence-electron chi connectivity index (χ0n) is 16.9. The van der Waals surface area contributed by atoms with Crippen LogP contribution in [0.5, 0.6) is 11.5 Å². The monoisotopic (exact) mass is 458 g/mol. The molecule has 0 saturated heterocycles. The lowest BCUT2D eigenvalue weighted by Crippen LogP contribution is -2.40. The van der Waals surface area contributed by atoms with Gasteiger partial charge in [-0.1, -0.05) is 17.7 Å². The zero-order chi connectivity index (χ0) is 22.3. The summed E-state index contributed by atoms with van der Waals surface area (Å²) in [5.74, 6) is -0.0534. The van der Waals surface area contributed by atoms with Crippen LogP contribution in [-0.2, 0) is 21.4 Å². The lowest BCUT2D eigenvalue weighted by molar-refractivity contribution is -0.119. The first kappa shape index (κ1) is 23.8. The van der Waals surface area contributed by atoms with Gasteiger partial charge in [-0.2, -0.15) is 0 Å². The predicted molar refractivity (Wildman–Crippen MR) is 114 cm³/mol. The smallest absolute Gasteiger partial charge is 0.241 e. The number of sulfonamides is 1. The number of carbonyl (C=O) groups is 1. The lowest BCUT2D eigenvalue weighted by Gasteiger charge is -2.22. The van der Waals surface area contributed by atoms with E-state index in [9.17, 15) is 17.6 Å². The van der Waals surface area contributed by atoms with Gasteiger partial charge < -0.3 is 14.8 Å². The van der Waals surface area contributed by atoms with E-state index in [1.165, 1.54) is 6.07 Å². The number of halogens is 2. The highest BCUT2D eigenvalue weighted by molar-refractivity contribution is 7.92. The van der Waals surface area contributed by atoms with E-state index in [0.29, 0.717) is 24.7 Å². The Morgan fingerprint density at radius 3 is 2.37 bits per heavy atom. The number of benzene rings is 2. The van der Waals surface area contributed by atoms with Crippen molar-refractivity contribution in [2.75, 3.05) is 30.3 Å². The van der Waals surface area contributed by atoms with Crippen molar-refractivity contribution < 1.29 is 27.1 Å². The summed E-state index contributed by atoms with van der Waals surface area (Å²) in [6.07, 6.45) is 0.957. The quantitative estimate of drug-likeness (QED) is 0.590. The van der Waals surface area contributed by atoms with Gasteiger partial charge in [-0.25, -0.2) is 12.8 Å². The molecule has 0 bridgehead atoms. The van der Waals surface area contributed by atoms with Crippen molar-refractivity contribution >= 4 is 33.2 Å². The number of rotatable bonds is 10. The third-order valence-corrected chi connectivity index (χ3v) is 5.41. The number of nitrogens with zero attached hydrogens (tertiary/aromatic N) is 1. The summed E-state index contributed by atoms with van der Waals surface area (Å²) < 4.78 is 49.6. The highest BCUT2D eigenvalue weighted by atomic mass is 35.5. The first-order valence-electron chi connectivity index (χ1n) is 9.23. The summed E-state index contributed by atoms with van der Waals surface area (Å²) in [6.45, 7) is 4.35. The average molecular weight is 459 g/mol. The van der Waals surface area contributed by atoms with Gasteiger partial charge in [0.05, 0.1) is 30.2 Å². The number of ether oxygens (including phenoxy) is 2. The minimum absolute atomic E-state index is 0.0961. The molecule has 30 heavy (non-hydrogen) atoms. The van der Waals surface area contributed by atoms with E-state index < -0.39 is 28.3 Å². The second-order valence-electron chi connectivity index (χ2n) is 6.29. The highest BCUT2D eigenvalue weighted by Gasteiger charge is 2.21. The number of nitrogens with one attached hydrogen (secondary N) is 1. The minimum atomic E-state index is -3.80. The summed E-state index contributed by atoms with van der Waals surface area (Å²) in [7, 11) is -3.80. The second kappa shape index (κ2) is 10.5. The van der Waals surface area contributed by atoms with Crippen LogP contribution in [0.25, 0.3) is 0 Å². The van der Waals surface area contributed by atoms with Crippen LogP contribution in [0, 0.1) is 5.82 Å². The molecule has 10 heteroatoms. The number of hydrogen-bond acceptors (Lipinski definition) is 5. The Morgan fingerprint density at radius 2 is 1.77 bits per heavy atom. The molecule has 164 valence electrons. The molecule has 0 saturated carbocycles. The molecule has 0 aliphatic carbocycles. The molecule has 0 fully saturated rings. The van der Waals surface area contributed by atoms with Crippen molar-refractivity contribution in [2.24, 2.45) is 0 Å². The first-order valence-corrected chi connectivity index (χ1v) is 11.5. The van der Waals surface area contributed by atoms with E-state index in [1.807, 2.05) is 13.8 Å². The summed E-state index contributed by atoms with van der Waals surface area (Å²) in [5, 5.41) is 2.43. The van der Waals surface area contributed by atoms with Crippen molar-refractivity contribution in [2.45, 2.75) is 20.4 Å². The molecular weight excluding hydrogens is 435 g/mol. The van der Waals surface area contributed by atoms with E-state index in [2.05, 4.69) is 5.32 Å². The maximum Gasteiger partial charge on any atom is 0.241 e. The van der Waals surface area contributed by atoms with Crippen molar-refractivity contribution in [3.63, 3.8) is 0 Å². The van der Waals surface area contributed by atoms with Crippen LogP contribution in [0.2, 0.25) is 5.02 Å². The van der Waals surface area contributed by atoms with Gasteiger partial charge in [0.1, 0.15) is 12.4 Å². The Kier molecular flexibility index (Phi) is 8.31. The van der Waals surface area contributed by atoms with Crippen molar-refractivity contribution in [3.8, 4) is 11.5 Å². The third-order valence-electron chi connectivity index (χ3n) is 3.98. The van der Waals surface area contributed by atoms with Crippen LogP contribution >= 0.6 is 11.6 Å². The first-order chi connectivity index (χ1) is 14.2. The summed E-state index contributed by atoms with van der Waals surface area (Å²) in [5.41, 5.74) is 0.852. The van der Waals surface area contributed by atoms with Gasteiger partial charge in [0.2, 0.25) is 15.9 Å². The Hall–Kier alpha value is -2.52. The molecule has 7 nitrogen and oxygen atoms in total. The molecule has 0 spiro atoms. The summed E-state index contributed by atoms with van der Waals surface area (Å²) in [4.78, 5) is 12.4. The summed E-state index contributed by atoms with van der Waals surface area (Å²) in [6, 6.07) is 8.73. The molecule has 0 atom stereocenters. The molecule has 0 heterocycles. The van der Waals surface area contributed by atoms with E-state index in [4.69, 9.17) is 21.1 Å². The molecule has 0 radical (unpaired) electrons. The van der Waals surface area contributed by atoms with Crippen molar-refractivity contribution in [3.05, 3.63) is 52.8 Å². The molecule has 0 aromatic heterocycles. The molecule has 0 unspecified atom stereocenters. The van der Waals surface area contributed by atoms with Crippen molar-refractivity contribution in [1.29, 1.82) is 0 Å². The van der Waals surface area contributed by atoms with E-state index >= 15 is 0 Å². The van der Waals surface area contributed by atoms with Crippen LogP contribution in [0.1, 0.15) is 19.4 Å². The molecule has 0 aliphatic rings. The fourth-order valence-corrected chi connectivity index (χ4v) is 3.66. The van der Waals surface area contributed by atoms with Gasteiger partial charge in [0.25, 0.3) is 0 Å². The van der Waals surface area contributed by atoms with E-state index in [-0.39, 0.29) is 17.3 Å².